The van der Waals surface area contributed by atoms with E-state index in [1.54, 1.807) is 0 Å². The first-order chi connectivity index (χ1) is 9.86. The van der Waals surface area contributed by atoms with Gasteiger partial charge in [-0.05, 0) is 18.6 Å². The second-order valence-electron chi connectivity index (χ2n) is 4.21. The average Bonchev–Trinajstić information content (AvgIpc) is 2.90. The average molecular weight is 315 g/mol. The highest BCUT2D eigenvalue weighted by Crippen LogP contribution is 2.33. The van der Waals surface area contributed by atoms with E-state index < -0.39 is 17.7 Å². The summed E-state index contributed by atoms with van der Waals surface area (Å²) in [6.45, 7) is 1.87. The van der Waals surface area contributed by atoms with Gasteiger partial charge in [0.2, 0.25) is 0 Å². The third-order valence-corrected chi connectivity index (χ3v) is 4.11. The standard InChI is InChI=1S/C14H12F3NO2S/c1-3-10-11(13(19)20-2)18-12(21-10)8-4-6-9(7-5-8)14(15,16)17/h4-7H,3H2,1-2H3. The van der Waals surface area contributed by atoms with Crippen molar-refractivity contribution in [1.82, 2.24) is 4.98 Å². The number of thiazole rings is 1. The van der Waals surface area contributed by atoms with Gasteiger partial charge in [-0.25, -0.2) is 9.78 Å². The van der Waals surface area contributed by atoms with Gasteiger partial charge in [0, 0.05) is 10.4 Å². The van der Waals surface area contributed by atoms with Crippen LogP contribution in [-0.4, -0.2) is 18.1 Å². The quantitative estimate of drug-likeness (QED) is 0.798. The number of hydrogen-bond donors (Lipinski definition) is 0. The minimum absolute atomic E-state index is 0.222. The molecule has 0 atom stereocenters. The Kier molecular flexibility index (Phi) is 4.32. The number of aromatic nitrogens is 1. The molecule has 0 N–H and O–H groups in total. The molecular formula is C14H12F3NO2S. The number of halogens is 3. The van der Waals surface area contributed by atoms with Crippen LogP contribution in [0.3, 0.4) is 0 Å². The molecule has 1 heterocycles. The van der Waals surface area contributed by atoms with Crippen LogP contribution in [0.25, 0.3) is 10.6 Å². The summed E-state index contributed by atoms with van der Waals surface area (Å²) < 4.78 is 42.2. The Morgan fingerprint density at radius 2 is 1.90 bits per heavy atom. The van der Waals surface area contributed by atoms with E-state index in [1.165, 1.54) is 30.6 Å². The Bertz CT molecular complexity index is 647. The Labute approximate surface area is 123 Å². The molecule has 3 nitrogen and oxygen atoms in total. The van der Waals surface area contributed by atoms with Crippen molar-refractivity contribution < 1.29 is 22.7 Å². The molecule has 0 saturated carbocycles. The number of hydrogen-bond acceptors (Lipinski definition) is 4. The summed E-state index contributed by atoms with van der Waals surface area (Å²) in [5.41, 5.74) is 0.0458. The Balaban J connectivity index is 2.38. The van der Waals surface area contributed by atoms with E-state index >= 15 is 0 Å². The van der Waals surface area contributed by atoms with E-state index in [9.17, 15) is 18.0 Å². The molecule has 2 aromatic rings. The molecular weight excluding hydrogens is 303 g/mol. The van der Waals surface area contributed by atoms with Gasteiger partial charge in [-0.2, -0.15) is 13.2 Å². The molecule has 21 heavy (non-hydrogen) atoms. The van der Waals surface area contributed by atoms with E-state index in [4.69, 9.17) is 0 Å². The van der Waals surface area contributed by atoms with Crippen LogP contribution in [0.2, 0.25) is 0 Å². The number of ether oxygens (including phenoxy) is 1. The van der Waals surface area contributed by atoms with Gasteiger partial charge in [-0.3, -0.25) is 0 Å². The summed E-state index contributed by atoms with van der Waals surface area (Å²) in [5.74, 6) is -0.540. The summed E-state index contributed by atoms with van der Waals surface area (Å²) in [6.07, 6.45) is -3.77. The fourth-order valence-corrected chi connectivity index (χ4v) is 2.77. The number of esters is 1. The molecule has 0 fully saturated rings. The third-order valence-electron chi connectivity index (χ3n) is 2.86. The van der Waals surface area contributed by atoms with Crippen LogP contribution >= 0.6 is 11.3 Å². The highest BCUT2D eigenvalue weighted by atomic mass is 32.1. The molecule has 0 amide bonds. The lowest BCUT2D eigenvalue weighted by Gasteiger charge is -2.06. The first kappa shape index (κ1) is 15.5. The lowest BCUT2D eigenvalue weighted by atomic mass is 10.1. The Morgan fingerprint density at radius 3 is 2.38 bits per heavy atom. The van der Waals surface area contributed by atoms with Crippen molar-refractivity contribution in [1.29, 1.82) is 0 Å². The number of methoxy groups -OCH3 is 1. The fourth-order valence-electron chi connectivity index (χ4n) is 1.77. The van der Waals surface area contributed by atoms with Crippen LogP contribution in [0.5, 0.6) is 0 Å². The van der Waals surface area contributed by atoms with Gasteiger partial charge < -0.3 is 4.74 Å². The molecule has 0 aliphatic heterocycles. The maximum absolute atomic E-state index is 12.5. The second kappa shape index (κ2) is 5.85. The zero-order valence-corrected chi connectivity index (χ0v) is 12.1. The predicted molar refractivity (Wildman–Crippen MR) is 73.3 cm³/mol. The van der Waals surface area contributed by atoms with Crippen molar-refractivity contribution in [3.63, 3.8) is 0 Å². The van der Waals surface area contributed by atoms with E-state index in [0.717, 1.165) is 17.0 Å². The number of nitrogens with zero attached hydrogens (tertiary/aromatic N) is 1. The van der Waals surface area contributed by atoms with Crippen LogP contribution in [0.1, 0.15) is 27.9 Å². The van der Waals surface area contributed by atoms with Crippen molar-refractivity contribution in [2.45, 2.75) is 19.5 Å². The molecule has 1 aromatic heterocycles. The molecule has 0 bridgehead atoms. The van der Waals surface area contributed by atoms with Crippen molar-refractivity contribution in [2.24, 2.45) is 0 Å². The largest absolute Gasteiger partial charge is 0.464 e. The van der Waals surface area contributed by atoms with Gasteiger partial charge in [-0.15, -0.1) is 11.3 Å². The molecule has 0 aliphatic carbocycles. The minimum Gasteiger partial charge on any atom is -0.464 e. The highest BCUT2D eigenvalue weighted by molar-refractivity contribution is 7.15. The first-order valence-corrected chi connectivity index (χ1v) is 6.94. The van der Waals surface area contributed by atoms with Gasteiger partial charge in [0.05, 0.1) is 12.7 Å². The van der Waals surface area contributed by atoms with Crippen molar-refractivity contribution in [2.75, 3.05) is 7.11 Å². The van der Waals surface area contributed by atoms with Crippen LogP contribution in [0.15, 0.2) is 24.3 Å². The highest BCUT2D eigenvalue weighted by Gasteiger charge is 2.30. The topological polar surface area (TPSA) is 39.2 Å². The van der Waals surface area contributed by atoms with E-state index in [-0.39, 0.29) is 5.69 Å². The van der Waals surface area contributed by atoms with Gasteiger partial charge in [0.1, 0.15) is 5.01 Å². The van der Waals surface area contributed by atoms with Gasteiger partial charge in [0.15, 0.2) is 5.69 Å². The summed E-state index contributed by atoms with van der Waals surface area (Å²) in [5, 5.41) is 0.501. The zero-order valence-electron chi connectivity index (χ0n) is 11.3. The summed E-state index contributed by atoms with van der Waals surface area (Å²) in [6, 6.07) is 4.70. The third kappa shape index (κ3) is 3.24. The minimum atomic E-state index is -4.37. The molecule has 2 rings (SSSR count). The zero-order chi connectivity index (χ0) is 15.6. The molecule has 7 heteroatoms. The van der Waals surface area contributed by atoms with E-state index in [0.29, 0.717) is 17.0 Å². The van der Waals surface area contributed by atoms with Crippen LogP contribution in [0, 0.1) is 0 Å². The van der Waals surface area contributed by atoms with Crippen LogP contribution in [0.4, 0.5) is 13.2 Å². The molecule has 0 spiro atoms. The predicted octanol–water partition coefficient (Wildman–Crippen LogP) is 4.18. The number of alkyl halides is 3. The van der Waals surface area contributed by atoms with Crippen molar-refractivity contribution >= 4 is 17.3 Å². The molecule has 1 aromatic carbocycles. The number of carbonyl (C=O) groups excluding carboxylic acids is 1. The van der Waals surface area contributed by atoms with E-state index in [2.05, 4.69) is 9.72 Å². The first-order valence-electron chi connectivity index (χ1n) is 6.12. The normalized spacial score (nSPS) is 11.5. The van der Waals surface area contributed by atoms with Gasteiger partial charge in [-0.1, -0.05) is 19.1 Å². The molecule has 112 valence electrons. The number of rotatable bonds is 3. The fraction of sp³-hybridized carbons (Fsp3) is 0.286. The Hall–Kier alpha value is -1.89. The maximum Gasteiger partial charge on any atom is 0.416 e. The van der Waals surface area contributed by atoms with Gasteiger partial charge in [0.25, 0.3) is 0 Å². The molecule has 0 unspecified atom stereocenters. The molecule has 0 radical (unpaired) electrons. The second-order valence-corrected chi connectivity index (χ2v) is 5.29. The maximum atomic E-state index is 12.5. The molecule has 0 saturated heterocycles. The van der Waals surface area contributed by atoms with Gasteiger partial charge >= 0.3 is 12.1 Å². The summed E-state index contributed by atoms with van der Waals surface area (Å²) in [7, 11) is 1.26. The number of aryl methyl sites for hydroxylation is 1. The molecule has 0 aliphatic rings. The van der Waals surface area contributed by atoms with Crippen molar-refractivity contribution in [3.05, 3.63) is 40.4 Å². The van der Waals surface area contributed by atoms with Crippen molar-refractivity contribution in [3.8, 4) is 10.6 Å². The lowest BCUT2D eigenvalue weighted by molar-refractivity contribution is -0.137. The van der Waals surface area contributed by atoms with E-state index in [1.807, 2.05) is 6.92 Å². The smallest absolute Gasteiger partial charge is 0.416 e. The summed E-state index contributed by atoms with van der Waals surface area (Å²) >= 11 is 1.28. The number of carbonyl (C=O) groups is 1. The lowest BCUT2D eigenvalue weighted by Crippen LogP contribution is -2.04. The van der Waals surface area contributed by atoms with Crippen LogP contribution in [-0.2, 0) is 17.3 Å². The monoisotopic (exact) mass is 315 g/mol. The number of benzene rings is 1. The SMILES string of the molecule is CCc1sc(-c2ccc(C(F)(F)F)cc2)nc1C(=O)OC. The van der Waals surface area contributed by atoms with Crippen LogP contribution < -0.4 is 0 Å². The summed E-state index contributed by atoms with van der Waals surface area (Å²) in [4.78, 5) is 16.5. The Morgan fingerprint density at radius 1 is 1.29 bits per heavy atom.